The van der Waals surface area contributed by atoms with Gasteiger partial charge in [-0.1, -0.05) is 23.8 Å². The zero-order valence-electron chi connectivity index (χ0n) is 16.1. The van der Waals surface area contributed by atoms with Crippen molar-refractivity contribution in [2.45, 2.75) is 31.8 Å². The summed E-state index contributed by atoms with van der Waals surface area (Å²) in [6.07, 6.45) is -1.30. The Hall–Kier alpha value is -3.40. The van der Waals surface area contributed by atoms with E-state index in [9.17, 15) is 22.8 Å². The molecule has 0 bridgehead atoms. The second-order valence-corrected chi connectivity index (χ2v) is 8.04. The molecule has 0 aliphatic carbocycles. The quantitative estimate of drug-likeness (QED) is 0.609. The molecule has 0 radical (unpaired) electrons. The Morgan fingerprint density at radius 3 is 2.38 bits per heavy atom. The summed E-state index contributed by atoms with van der Waals surface area (Å²) < 4.78 is 32.8. The number of carbonyl (C=O) groups is 3. The Morgan fingerprint density at radius 1 is 1.07 bits per heavy atom. The fourth-order valence-corrected chi connectivity index (χ4v) is 3.60. The van der Waals surface area contributed by atoms with Crippen molar-refractivity contribution in [3.05, 3.63) is 59.2 Å². The molecule has 0 heterocycles. The summed E-state index contributed by atoms with van der Waals surface area (Å²) in [6, 6.07) is 9.36. The third kappa shape index (κ3) is 5.79. The van der Waals surface area contributed by atoms with Gasteiger partial charge in [0.1, 0.15) is 0 Å². The van der Waals surface area contributed by atoms with Crippen molar-refractivity contribution >= 4 is 33.6 Å². The maximum atomic E-state index is 12.7. The third-order valence-corrected chi connectivity index (χ3v) is 5.27. The van der Waals surface area contributed by atoms with E-state index in [4.69, 9.17) is 10.5 Å². The summed E-state index contributed by atoms with van der Waals surface area (Å²) in [7, 11) is -3.96. The van der Waals surface area contributed by atoms with Crippen molar-refractivity contribution in [3.63, 3.8) is 0 Å². The van der Waals surface area contributed by atoms with E-state index in [1.165, 1.54) is 25.1 Å². The predicted molar refractivity (Wildman–Crippen MR) is 106 cm³/mol. The molecule has 1 atom stereocenters. The van der Waals surface area contributed by atoms with Gasteiger partial charge in [0.15, 0.2) is 6.10 Å². The van der Waals surface area contributed by atoms with Gasteiger partial charge >= 0.3 is 12.0 Å². The van der Waals surface area contributed by atoms with Gasteiger partial charge in [-0.2, -0.15) is 0 Å². The molecule has 2 aromatic rings. The molecule has 9 nitrogen and oxygen atoms in total. The minimum Gasteiger partial charge on any atom is -0.449 e. The highest BCUT2D eigenvalue weighted by molar-refractivity contribution is 7.92. The highest BCUT2D eigenvalue weighted by atomic mass is 32.2. The molecule has 0 spiro atoms. The number of carbonyl (C=O) groups excluding carboxylic acids is 3. The number of aryl methyl sites for hydroxylation is 2. The summed E-state index contributed by atoms with van der Waals surface area (Å²) >= 11 is 0. The van der Waals surface area contributed by atoms with Crippen LogP contribution in [0.25, 0.3) is 0 Å². The lowest BCUT2D eigenvalue weighted by Gasteiger charge is -2.13. The molecule has 2 aromatic carbocycles. The Bertz CT molecular complexity index is 1070. The molecule has 154 valence electrons. The van der Waals surface area contributed by atoms with Gasteiger partial charge < -0.3 is 10.5 Å². The summed E-state index contributed by atoms with van der Waals surface area (Å²) in [5.74, 6) is -1.83. The summed E-state index contributed by atoms with van der Waals surface area (Å²) in [5.41, 5.74) is 6.92. The largest absolute Gasteiger partial charge is 0.449 e. The van der Waals surface area contributed by atoms with E-state index in [1.807, 2.05) is 13.0 Å². The van der Waals surface area contributed by atoms with E-state index in [-0.39, 0.29) is 10.5 Å². The van der Waals surface area contributed by atoms with Gasteiger partial charge in [-0.05, 0) is 50.6 Å². The summed E-state index contributed by atoms with van der Waals surface area (Å²) in [4.78, 5) is 34.4. The first-order valence-electron chi connectivity index (χ1n) is 8.51. The monoisotopic (exact) mass is 419 g/mol. The molecule has 0 saturated heterocycles. The molecule has 0 fully saturated rings. The van der Waals surface area contributed by atoms with Crippen molar-refractivity contribution in [1.29, 1.82) is 0 Å². The number of benzene rings is 2. The van der Waals surface area contributed by atoms with Gasteiger partial charge in [-0.25, -0.2) is 18.0 Å². The molecule has 3 amide bonds. The first-order chi connectivity index (χ1) is 13.5. The lowest BCUT2D eigenvalue weighted by atomic mass is 10.1. The van der Waals surface area contributed by atoms with Crippen LogP contribution < -0.4 is 15.8 Å². The second kappa shape index (κ2) is 8.74. The number of ether oxygens (including phenoxy) is 1. The van der Waals surface area contributed by atoms with Gasteiger partial charge in [0.2, 0.25) is 0 Å². The Morgan fingerprint density at radius 2 is 1.76 bits per heavy atom. The number of rotatable bonds is 6. The van der Waals surface area contributed by atoms with Crippen molar-refractivity contribution in [3.8, 4) is 0 Å². The lowest BCUT2D eigenvalue weighted by Crippen LogP contribution is -2.42. The zero-order valence-corrected chi connectivity index (χ0v) is 16.9. The van der Waals surface area contributed by atoms with Gasteiger partial charge in [0.05, 0.1) is 16.1 Å². The number of anilines is 1. The van der Waals surface area contributed by atoms with Crippen molar-refractivity contribution in [2.75, 3.05) is 4.72 Å². The van der Waals surface area contributed by atoms with Crippen LogP contribution in [0.4, 0.5) is 10.5 Å². The smallest absolute Gasteiger partial charge is 0.338 e. The maximum Gasteiger partial charge on any atom is 0.338 e. The van der Waals surface area contributed by atoms with Crippen LogP contribution in [-0.2, 0) is 19.6 Å². The predicted octanol–water partition coefficient (Wildman–Crippen LogP) is 1.84. The molecule has 0 aliphatic heterocycles. The molecule has 4 N–H and O–H groups in total. The lowest BCUT2D eigenvalue weighted by molar-refractivity contribution is -0.127. The van der Waals surface area contributed by atoms with E-state index >= 15 is 0 Å². The van der Waals surface area contributed by atoms with Crippen LogP contribution >= 0.6 is 0 Å². The van der Waals surface area contributed by atoms with Gasteiger partial charge in [-0.15, -0.1) is 0 Å². The highest BCUT2D eigenvalue weighted by Crippen LogP contribution is 2.21. The van der Waals surface area contributed by atoms with E-state index in [2.05, 4.69) is 4.72 Å². The van der Waals surface area contributed by atoms with E-state index in [0.29, 0.717) is 5.69 Å². The Balaban J connectivity index is 2.20. The topological polar surface area (TPSA) is 145 Å². The molecule has 0 unspecified atom stereocenters. The Kier molecular flexibility index (Phi) is 6.60. The minimum atomic E-state index is -3.96. The SMILES string of the molecule is Cc1ccc(NS(=O)(=O)c2cccc(C(=O)O[C@H](C)C(=O)NC(N)=O)c2)c(C)c1. The van der Waals surface area contributed by atoms with Crippen LogP contribution in [0.2, 0.25) is 0 Å². The molecule has 2 rings (SSSR count). The van der Waals surface area contributed by atoms with Gasteiger partial charge in [-0.3, -0.25) is 14.8 Å². The number of nitrogens with one attached hydrogen (secondary N) is 2. The van der Waals surface area contributed by atoms with Crippen LogP contribution in [0.3, 0.4) is 0 Å². The van der Waals surface area contributed by atoms with Gasteiger partial charge in [0.25, 0.3) is 15.9 Å². The van der Waals surface area contributed by atoms with Crippen LogP contribution in [0.1, 0.15) is 28.4 Å². The molecule has 0 aromatic heterocycles. The van der Waals surface area contributed by atoms with E-state index in [0.717, 1.165) is 17.2 Å². The minimum absolute atomic E-state index is 0.0766. The van der Waals surface area contributed by atoms with Crippen LogP contribution in [0.15, 0.2) is 47.4 Å². The molecule has 0 saturated carbocycles. The number of sulfonamides is 1. The van der Waals surface area contributed by atoms with Crippen molar-refractivity contribution in [2.24, 2.45) is 5.73 Å². The summed E-state index contributed by atoms with van der Waals surface area (Å²) in [6.45, 7) is 4.92. The maximum absolute atomic E-state index is 12.7. The normalized spacial score (nSPS) is 12.0. The average Bonchev–Trinajstić information content (AvgIpc) is 2.63. The first-order valence-corrected chi connectivity index (χ1v) is 9.99. The number of amides is 3. The van der Waals surface area contributed by atoms with E-state index < -0.39 is 34.0 Å². The number of hydrogen-bond acceptors (Lipinski definition) is 6. The first kappa shape index (κ1) is 21.9. The summed E-state index contributed by atoms with van der Waals surface area (Å²) in [5, 5.41) is 1.79. The third-order valence-electron chi connectivity index (χ3n) is 3.91. The number of nitrogens with two attached hydrogens (primary N) is 1. The fraction of sp³-hybridized carbons (Fsp3) is 0.211. The number of esters is 1. The number of hydrogen-bond donors (Lipinski definition) is 3. The number of urea groups is 1. The molecule has 29 heavy (non-hydrogen) atoms. The van der Waals surface area contributed by atoms with E-state index in [1.54, 1.807) is 24.4 Å². The van der Waals surface area contributed by atoms with Crippen LogP contribution in [0.5, 0.6) is 0 Å². The standard InChI is InChI=1S/C19H21N3O6S/c1-11-7-8-16(12(2)9-11)22-29(26,27)15-6-4-5-14(10-15)18(24)28-13(3)17(23)21-19(20)25/h4-10,13,22H,1-3H3,(H3,20,21,23,25)/t13-/m1/s1. The van der Waals surface area contributed by atoms with Gasteiger partial charge in [0, 0.05) is 0 Å². The van der Waals surface area contributed by atoms with Crippen LogP contribution in [0, 0.1) is 13.8 Å². The second-order valence-electron chi connectivity index (χ2n) is 6.35. The highest BCUT2D eigenvalue weighted by Gasteiger charge is 2.22. The molecular weight excluding hydrogens is 398 g/mol. The molecular formula is C19H21N3O6S. The molecule has 10 heteroatoms. The molecule has 0 aliphatic rings. The average molecular weight is 419 g/mol. The fourth-order valence-electron chi connectivity index (χ4n) is 2.43. The van der Waals surface area contributed by atoms with Crippen molar-refractivity contribution in [1.82, 2.24) is 5.32 Å². The number of imide groups is 1. The van der Waals surface area contributed by atoms with Crippen molar-refractivity contribution < 1.29 is 27.5 Å². The number of primary amides is 1. The Labute approximate surface area is 168 Å². The zero-order chi connectivity index (χ0) is 21.8. The van der Waals surface area contributed by atoms with Crippen LogP contribution in [-0.4, -0.2) is 32.4 Å².